The average molecular weight is 429 g/mol. The first-order valence-corrected chi connectivity index (χ1v) is 8.80. The zero-order valence-electron chi connectivity index (χ0n) is 11.7. The molecule has 116 valence electrons. The van der Waals surface area contributed by atoms with E-state index < -0.39 is 0 Å². The van der Waals surface area contributed by atoms with E-state index in [1.165, 1.54) is 0 Å². The van der Waals surface area contributed by atoms with Gasteiger partial charge < -0.3 is 0 Å². The quantitative estimate of drug-likeness (QED) is 0.438. The Morgan fingerprint density at radius 1 is 0.957 bits per heavy atom. The first-order chi connectivity index (χ1) is 11.1. The second kappa shape index (κ2) is 7.18. The van der Waals surface area contributed by atoms with Gasteiger partial charge in [-0.05, 0) is 35.9 Å². The van der Waals surface area contributed by atoms with E-state index in [2.05, 4.69) is 25.9 Å². The van der Waals surface area contributed by atoms with Crippen molar-refractivity contribution in [3.63, 3.8) is 0 Å². The molecule has 0 amide bonds. The monoisotopic (exact) mass is 426 g/mol. The van der Waals surface area contributed by atoms with E-state index in [0.717, 1.165) is 26.9 Å². The van der Waals surface area contributed by atoms with Crippen LogP contribution in [0.2, 0.25) is 10.0 Å². The van der Waals surface area contributed by atoms with Crippen molar-refractivity contribution in [3.05, 3.63) is 69.0 Å². The van der Waals surface area contributed by atoms with Crippen molar-refractivity contribution >= 4 is 50.7 Å². The van der Waals surface area contributed by atoms with Crippen molar-refractivity contribution in [2.75, 3.05) is 0 Å². The lowest BCUT2D eigenvalue weighted by Gasteiger charge is -2.12. The molecule has 0 N–H and O–H groups in total. The second-order valence-electron chi connectivity index (χ2n) is 4.81. The lowest BCUT2D eigenvalue weighted by atomic mass is 10.0. The van der Waals surface area contributed by atoms with Crippen molar-refractivity contribution in [1.82, 2.24) is 9.97 Å². The van der Waals surface area contributed by atoms with E-state index in [-0.39, 0.29) is 5.88 Å². The van der Waals surface area contributed by atoms with E-state index in [9.17, 15) is 0 Å². The number of alkyl halides is 1. The Bertz CT molecular complexity index is 851. The van der Waals surface area contributed by atoms with E-state index in [1.807, 2.05) is 30.3 Å². The molecule has 0 fully saturated rings. The van der Waals surface area contributed by atoms with Crippen LogP contribution in [0, 0.1) is 0 Å². The summed E-state index contributed by atoms with van der Waals surface area (Å²) in [6.45, 7) is 0. The molecule has 0 aliphatic heterocycles. The molecule has 1 aromatic heterocycles. The van der Waals surface area contributed by atoms with Crippen LogP contribution in [-0.2, 0) is 5.88 Å². The first-order valence-electron chi connectivity index (χ1n) is 6.71. The standard InChI is InChI=1S/C17H10BrCl3N2/c18-11-3-1-10(2-4-11)14-9-22-16(8-19)23-17(14)13-6-5-12(20)7-15(13)21/h1-7,9H,8H2. The summed E-state index contributed by atoms with van der Waals surface area (Å²) < 4.78 is 1.01. The van der Waals surface area contributed by atoms with Gasteiger partial charge in [0.1, 0.15) is 5.82 Å². The van der Waals surface area contributed by atoms with Gasteiger partial charge in [0.2, 0.25) is 0 Å². The molecule has 6 heteroatoms. The van der Waals surface area contributed by atoms with Gasteiger partial charge in [-0.2, -0.15) is 0 Å². The van der Waals surface area contributed by atoms with E-state index >= 15 is 0 Å². The van der Waals surface area contributed by atoms with Crippen LogP contribution in [0.4, 0.5) is 0 Å². The molecule has 0 bridgehead atoms. The summed E-state index contributed by atoms with van der Waals surface area (Å²) in [5.41, 5.74) is 3.41. The molecule has 3 rings (SSSR count). The molecule has 3 aromatic rings. The van der Waals surface area contributed by atoms with E-state index in [1.54, 1.807) is 18.3 Å². The maximum absolute atomic E-state index is 6.36. The lowest BCUT2D eigenvalue weighted by Crippen LogP contribution is -1.97. The molecule has 0 spiro atoms. The van der Waals surface area contributed by atoms with Crippen LogP contribution >= 0.6 is 50.7 Å². The van der Waals surface area contributed by atoms with E-state index in [4.69, 9.17) is 34.8 Å². The SMILES string of the molecule is ClCc1ncc(-c2ccc(Br)cc2)c(-c2ccc(Cl)cc2Cl)n1. The third-order valence-electron chi connectivity index (χ3n) is 3.30. The Hall–Kier alpha value is -1.13. The van der Waals surface area contributed by atoms with Gasteiger partial charge >= 0.3 is 0 Å². The summed E-state index contributed by atoms with van der Waals surface area (Å²) >= 11 is 21.7. The van der Waals surface area contributed by atoms with Gasteiger partial charge in [0.25, 0.3) is 0 Å². The van der Waals surface area contributed by atoms with Crippen molar-refractivity contribution in [1.29, 1.82) is 0 Å². The average Bonchev–Trinajstić information content (AvgIpc) is 2.55. The summed E-state index contributed by atoms with van der Waals surface area (Å²) in [4.78, 5) is 8.87. The Morgan fingerprint density at radius 3 is 2.35 bits per heavy atom. The fourth-order valence-electron chi connectivity index (χ4n) is 2.21. The summed E-state index contributed by atoms with van der Waals surface area (Å²) in [6.07, 6.45) is 1.77. The molecule has 0 aliphatic rings. The largest absolute Gasteiger partial charge is 0.239 e. The zero-order chi connectivity index (χ0) is 16.4. The van der Waals surface area contributed by atoms with Gasteiger partial charge in [-0.1, -0.05) is 51.3 Å². The lowest BCUT2D eigenvalue weighted by molar-refractivity contribution is 1.04. The maximum atomic E-state index is 6.36. The highest BCUT2D eigenvalue weighted by Crippen LogP contribution is 2.36. The molecule has 23 heavy (non-hydrogen) atoms. The van der Waals surface area contributed by atoms with Gasteiger partial charge in [-0.3, -0.25) is 0 Å². The van der Waals surface area contributed by atoms with Crippen LogP contribution in [0.15, 0.2) is 53.1 Å². The molecule has 0 radical (unpaired) electrons. The highest BCUT2D eigenvalue weighted by molar-refractivity contribution is 9.10. The van der Waals surface area contributed by atoms with Crippen molar-refractivity contribution in [2.24, 2.45) is 0 Å². The van der Waals surface area contributed by atoms with Crippen molar-refractivity contribution < 1.29 is 0 Å². The fourth-order valence-corrected chi connectivity index (χ4v) is 3.10. The highest BCUT2D eigenvalue weighted by Gasteiger charge is 2.14. The molecular formula is C17H10BrCl3N2. The number of benzene rings is 2. The van der Waals surface area contributed by atoms with Crippen LogP contribution in [0.5, 0.6) is 0 Å². The molecule has 0 aliphatic carbocycles. The Kier molecular flexibility index (Phi) is 5.22. The highest BCUT2D eigenvalue weighted by atomic mass is 79.9. The maximum Gasteiger partial charge on any atom is 0.143 e. The van der Waals surface area contributed by atoms with Crippen LogP contribution in [-0.4, -0.2) is 9.97 Å². The number of rotatable bonds is 3. The van der Waals surface area contributed by atoms with Crippen molar-refractivity contribution in [2.45, 2.75) is 5.88 Å². The minimum Gasteiger partial charge on any atom is -0.239 e. The molecule has 1 heterocycles. The topological polar surface area (TPSA) is 25.8 Å². The number of nitrogens with zero attached hydrogens (tertiary/aromatic N) is 2. The summed E-state index contributed by atoms with van der Waals surface area (Å²) in [6, 6.07) is 13.3. The summed E-state index contributed by atoms with van der Waals surface area (Å²) in [5.74, 6) is 0.785. The molecule has 2 aromatic carbocycles. The van der Waals surface area contributed by atoms with Gasteiger partial charge in [0.15, 0.2) is 0 Å². The minimum atomic E-state index is 0.235. The normalized spacial score (nSPS) is 10.8. The van der Waals surface area contributed by atoms with Gasteiger partial charge in [0.05, 0.1) is 16.6 Å². The Labute approximate surface area is 157 Å². The van der Waals surface area contributed by atoms with Crippen LogP contribution in [0.1, 0.15) is 5.82 Å². The van der Waals surface area contributed by atoms with Gasteiger partial charge in [-0.25, -0.2) is 9.97 Å². The van der Waals surface area contributed by atoms with E-state index in [0.29, 0.717) is 15.9 Å². The first kappa shape index (κ1) is 16.7. The number of aromatic nitrogens is 2. The molecular weight excluding hydrogens is 418 g/mol. The van der Waals surface area contributed by atoms with Crippen LogP contribution in [0.25, 0.3) is 22.4 Å². The summed E-state index contributed by atoms with van der Waals surface area (Å²) in [7, 11) is 0. The second-order valence-corrected chi connectivity index (χ2v) is 6.84. The number of hydrogen-bond donors (Lipinski definition) is 0. The third-order valence-corrected chi connectivity index (χ3v) is 4.62. The third kappa shape index (κ3) is 3.69. The molecule has 0 unspecified atom stereocenters. The smallest absolute Gasteiger partial charge is 0.143 e. The van der Waals surface area contributed by atoms with Crippen LogP contribution in [0.3, 0.4) is 0 Å². The zero-order valence-corrected chi connectivity index (χ0v) is 15.6. The van der Waals surface area contributed by atoms with Crippen LogP contribution < -0.4 is 0 Å². The molecule has 2 nitrogen and oxygen atoms in total. The fraction of sp³-hybridized carbons (Fsp3) is 0.0588. The summed E-state index contributed by atoms with van der Waals surface area (Å²) in [5, 5.41) is 1.12. The molecule has 0 saturated carbocycles. The Morgan fingerprint density at radius 2 is 1.70 bits per heavy atom. The molecule has 0 saturated heterocycles. The van der Waals surface area contributed by atoms with Gasteiger partial charge in [0, 0.05) is 26.8 Å². The predicted octanol–water partition coefficient (Wildman–Crippen LogP) is 6.62. The van der Waals surface area contributed by atoms with Crippen molar-refractivity contribution in [3.8, 4) is 22.4 Å². The molecule has 0 atom stereocenters. The predicted molar refractivity (Wildman–Crippen MR) is 100 cm³/mol. The Balaban J connectivity index is 2.22. The minimum absolute atomic E-state index is 0.235. The number of halogens is 4. The van der Waals surface area contributed by atoms with Gasteiger partial charge in [-0.15, -0.1) is 11.6 Å². The number of hydrogen-bond acceptors (Lipinski definition) is 2.